The Hall–Kier alpha value is -1.24. The van der Waals surface area contributed by atoms with Crippen molar-refractivity contribution in [2.24, 2.45) is 0 Å². The van der Waals surface area contributed by atoms with Gasteiger partial charge in [0.25, 0.3) is 0 Å². The summed E-state index contributed by atoms with van der Waals surface area (Å²) in [5.74, 6) is 0.723. The quantitative estimate of drug-likeness (QED) is 0.799. The third-order valence-corrected chi connectivity index (χ3v) is 3.03. The van der Waals surface area contributed by atoms with E-state index in [0.29, 0.717) is 0 Å². The minimum Gasteiger partial charge on any atom is -0.491 e. The molecule has 0 bridgehead atoms. The second-order valence-electron chi connectivity index (χ2n) is 3.56. The molecule has 0 spiro atoms. The van der Waals surface area contributed by atoms with E-state index in [-0.39, 0.29) is 6.61 Å². The Balaban J connectivity index is 2.21. The Bertz CT molecular complexity index is 579. The average Bonchev–Trinajstić information content (AvgIpc) is 2.35. The molecule has 2 aromatic rings. The average molecular weight is 311 g/mol. The van der Waals surface area contributed by atoms with Crippen LogP contribution < -0.4 is 4.74 Å². The van der Waals surface area contributed by atoms with Gasteiger partial charge in [0.1, 0.15) is 12.4 Å². The first-order chi connectivity index (χ1) is 8.19. The molecule has 0 aliphatic carbocycles. The van der Waals surface area contributed by atoms with Gasteiger partial charge in [-0.05, 0) is 35.0 Å². The number of hydrogen-bond donors (Lipinski definition) is 0. The van der Waals surface area contributed by atoms with Crippen LogP contribution in [0.25, 0.3) is 10.8 Å². The lowest BCUT2D eigenvalue weighted by Crippen LogP contribution is -2.08. The van der Waals surface area contributed by atoms with Gasteiger partial charge in [-0.3, -0.25) is 0 Å². The van der Waals surface area contributed by atoms with Gasteiger partial charge in [-0.25, -0.2) is 0 Å². The summed E-state index contributed by atoms with van der Waals surface area (Å²) in [6.45, 7) is 0.195. The molecule has 0 saturated heterocycles. The summed E-state index contributed by atoms with van der Waals surface area (Å²) < 4.78 is 6.48. The Morgan fingerprint density at radius 3 is 2.71 bits per heavy atom. The van der Waals surface area contributed by atoms with Gasteiger partial charge in [-0.2, -0.15) is 5.26 Å². The van der Waals surface area contributed by atoms with Crippen LogP contribution in [0.3, 0.4) is 0 Å². The molecule has 17 heavy (non-hydrogen) atoms. The summed E-state index contributed by atoms with van der Waals surface area (Å²) in [5.41, 5.74) is 0. The number of fused-ring (bicyclic) bond motifs is 1. The fourth-order valence-electron chi connectivity index (χ4n) is 1.49. The van der Waals surface area contributed by atoms with Crippen molar-refractivity contribution < 1.29 is 4.74 Å². The second kappa shape index (κ2) is 5.39. The predicted octanol–water partition coefficient (Wildman–Crippen LogP) is 4.11. The minimum atomic E-state index is -0.615. The highest BCUT2D eigenvalue weighted by molar-refractivity contribution is 9.10. The summed E-state index contributed by atoms with van der Waals surface area (Å²) in [6.07, 6.45) is 0. The Kier molecular flexibility index (Phi) is 3.88. The van der Waals surface area contributed by atoms with Crippen LogP contribution in [0.2, 0.25) is 0 Å². The molecule has 0 fully saturated rings. The van der Waals surface area contributed by atoms with E-state index in [1.54, 1.807) is 0 Å². The highest BCUT2D eigenvalue weighted by Gasteiger charge is 2.04. The van der Waals surface area contributed by atoms with Gasteiger partial charge in [0.15, 0.2) is 5.38 Å². The molecule has 86 valence electrons. The number of halogens is 2. The van der Waals surface area contributed by atoms with Crippen molar-refractivity contribution >= 4 is 38.3 Å². The van der Waals surface area contributed by atoms with Gasteiger partial charge >= 0.3 is 0 Å². The molecule has 2 aromatic carbocycles. The van der Waals surface area contributed by atoms with Gasteiger partial charge in [-0.1, -0.05) is 28.1 Å². The maximum atomic E-state index is 8.55. The molecule has 0 heterocycles. The minimum absolute atomic E-state index is 0.195. The molecule has 0 saturated carbocycles. The normalized spacial score (nSPS) is 12.1. The van der Waals surface area contributed by atoms with E-state index in [1.165, 1.54) is 0 Å². The smallest absolute Gasteiger partial charge is 0.154 e. The van der Waals surface area contributed by atoms with Crippen LogP contribution in [0.4, 0.5) is 0 Å². The molecule has 0 amide bonds. The predicted molar refractivity (Wildman–Crippen MR) is 72.4 cm³/mol. The molecule has 4 heteroatoms. The number of nitrogens with zero attached hydrogens (tertiary/aromatic N) is 1. The lowest BCUT2D eigenvalue weighted by atomic mass is 10.1. The van der Waals surface area contributed by atoms with Crippen molar-refractivity contribution in [2.45, 2.75) is 5.38 Å². The first-order valence-corrected chi connectivity index (χ1v) is 6.28. The molecule has 0 aliphatic heterocycles. The molecular weight excluding hydrogens is 302 g/mol. The van der Waals surface area contributed by atoms with E-state index < -0.39 is 5.38 Å². The molecule has 0 aliphatic rings. The zero-order chi connectivity index (χ0) is 12.3. The van der Waals surface area contributed by atoms with Gasteiger partial charge in [-0.15, -0.1) is 11.6 Å². The molecule has 2 nitrogen and oxygen atoms in total. The van der Waals surface area contributed by atoms with Gasteiger partial charge in [0.05, 0.1) is 6.07 Å². The fraction of sp³-hybridized carbons (Fsp3) is 0.154. The van der Waals surface area contributed by atoms with Crippen LogP contribution in [0.1, 0.15) is 0 Å². The molecule has 0 N–H and O–H groups in total. The van der Waals surface area contributed by atoms with Gasteiger partial charge < -0.3 is 4.74 Å². The lowest BCUT2D eigenvalue weighted by Gasteiger charge is -2.07. The number of benzene rings is 2. The number of rotatable bonds is 3. The van der Waals surface area contributed by atoms with E-state index in [1.807, 2.05) is 42.5 Å². The van der Waals surface area contributed by atoms with Crippen LogP contribution in [-0.2, 0) is 0 Å². The SMILES string of the molecule is N#CC(Cl)COc1ccc2cc(Br)ccc2c1. The van der Waals surface area contributed by atoms with Crippen LogP contribution in [-0.4, -0.2) is 12.0 Å². The van der Waals surface area contributed by atoms with Gasteiger partial charge in [0.2, 0.25) is 0 Å². The highest BCUT2D eigenvalue weighted by Crippen LogP contribution is 2.24. The summed E-state index contributed by atoms with van der Waals surface area (Å²) in [5, 5.41) is 10.2. The van der Waals surface area contributed by atoms with Crippen LogP contribution in [0.15, 0.2) is 40.9 Å². The van der Waals surface area contributed by atoms with E-state index in [2.05, 4.69) is 15.9 Å². The maximum Gasteiger partial charge on any atom is 0.154 e. The van der Waals surface area contributed by atoms with Crippen molar-refractivity contribution in [2.75, 3.05) is 6.61 Å². The molecule has 0 aromatic heterocycles. The number of nitriles is 1. The third-order valence-electron chi connectivity index (χ3n) is 2.31. The monoisotopic (exact) mass is 309 g/mol. The maximum absolute atomic E-state index is 8.55. The van der Waals surface area contributed by atoms with E-state index in [0.717, 1.165) is 21.0 Å². The van der Waals surface area contributed by atoms with Crippen molar-refractivity contribution in [1.29, 1.82) is 5.26 Å². The number of ether oxygens (including phenoxy) is 1. The lowest BCUT2D eigenvalue weighted by molar-refractivity contribution is 0.329. The highest BCUT2D eigenvalue weighted by atomic mass is 79.9. The summed E-state index contributed by atoms with van der Waals surface area (Å²) in [7, 11) is 0. The van der Waals surface area contributed by atoms with Crippen molar-refractivity contribution in [3.05, 3.63) is 40.9 Å². The summed E-state index contributed by atoms with van der Waals surface area (Å²) in [4.78, 5) is 0. The fourth-order valence-corrected chi connectivity index (χ4v) is 1.93. The Morgan fingerprint density at radius 2 is 1.94 bits per heavy atom. The zero-order valence-corrected chi connectivity index (χ0v) is 11.2. The second-order valence-corrected chi connectivity index (χ2v) is 5.00. The first kappa shape index (κ1) is 12.2. The standard InChI is InChI=1S/C13H9BrClNO/c14-11-3-1-10-6-13(4-2-9(10)5-11)17-8-12(15)7-16/h1-6,12H,8H2. The van der Waals surface area contributed by atoms with Crippen molar-refractivity contribution in [3.8, 4) is 11.8 Å². The number of alkyl halides is 1. The summed E-state index contributed by atoms with van der Waals surface area (Å²) >= 11 is 9.09. The van der Waals surface area contributed by atoms with Crippen LogP contribution >= 0.6 is 27.5 Å². The Labute approximate surface area is 113 Å². The van der Waals surface area contributed by atoms with Crippen LogP contribution in [0, 0.1) is 11.3 Å². The van der Waals surface area contributed by atoms with Crippen molar-refractivity contribution in [3.63, 3.8) is 0 Å². The zero-order valence-electron chi connectivity index (χ0n) is 8.86. The van der Waals surface area contributed by atoms with Gasteiger partial charge in [0, 0.05) is 4.47 Å². The van der Waals surface area contributed by atoms with E-state index in [4.69, 9.17) is 21.6 Å². The molecular formula is C13H9BrClNO. The van der Waals surface area contributed by atoms with E-state index in [9.17, 15) is 0 Å². The van der Waals surface area contributed by atoms with E-state index >= 15 is 0 Å². The van der Waals surface area contributed by atoms with Crippen molar-refractivity contribution in [1.82, 2.24) is 0 Å². The largest absolute Gasteiger partial charge is 0.491 e. The topological polar surface area (TPSA) is 33.0 Å². The van der Waals surface area contributed by atoms with Crippen LogP contribution in [0.5, 0.6) is 5.75 Å². The molecule has 1 atom stereocenters. The first-order valence-electron chi connectivity index (χ1n) is 5.05. The molecule has 1 unspecified atom stereocenters. The molecule has 2 rings (SSSR count). The summed E-state index contributed by atoms with van der Waals surface area (Å²) in [6, 6.07) is 13.7. The third kappa shape index (κ3) is 3.12. The Morgan fingerprint density at radius 1 is 1.24 bits per heavy atom. The number of hydrogen-bond acceptors (Lipinski definition) is 2. The molecule has 0 radical (unpaired) electrons.